The zero-order chi connectivity index (χ0) is 55.7. The van der Waals surface area contributed by atoms with Crippen molar-refractivity contribution in [3.05, 3.63) is 72.9 Å². The number of allylic oxidation sites excluding steroid dienone is 12. The number of ether oxygens (including phenoxy) is 3. The average Bonchev–Trinajstić information content (AvgIpc) is 3.43. The second-order valence-corrected chi connectivity index (χ2v) is 22.4. The van der Waals surface area contributed by atoms with Crippen molar-refractivity contribution in [3.8, 4) is 0 Å². The smallest absolute Gasteiger partial charge is 0.306 e. The maximum Gasteiger partial charge on any atom is 0.306 e. The Balaban J connectivity index is 4.29. The lowest BCUT2D eigenvalue weighted by molar-refractivity contribution is -0.167. The van der Waals surface area contributed by atoms with Crippen molar-refractivity contribution in [3.63, 3.8) is 0 Å². The first-order valence-corrected chi connectivity index (χ1v) is 33.4. The van der Waals surface area contributed by atoms with Crippen LogP contribution < -0.4 is 0 Å². The minimum atomic E-state index is -0.789. The molecular formula is C71H126O6. The van der Waals surface area contributed by atoms with Gasteiger partial charge in [-0.2, -0.15) is 0 Å². The maximum atomic E-state index is 12.9. The van der Waals surface area contributed by atoms with E-state index < -0.39 is 6.10 Å². The fourth-order valence-electron chi connectivity index (χ4n) is 9.59. The monoisotopic (exact) mass is 1070 g/mol. The second kappa shape index (κ2) is 65.4. The predicted octanol–water partition coefficient (Wildman–Crippen LogP) is 22.9. The fourth-order valence-corrected chi connectivity index (χ4v) is 9.59. The molecular weight excluding hydrogens is 949 g/mol. The van der Waals surface area contributed by atoms with E-state index in [-0.39, 0.29) is 31.1 Å². The van der Waals surface area contributed by atoms with Gasteiger partial charge in [-0.1, -0.05) is 280 Å². The van der Waals surface area contributed by atoms with Crippen LogP contribution in [0.5, 0.6) is 0 Å². The number of esters is 3. The van der Waals surface area contributed by atoms with Gasteiger partial charge >= 0.3 is 17.9 Å². The molecule has 1 atom stereocenters. The molecule has 0 fully saturated rings. The number of carbonyl (C=O) groups is 3. The molecule has 0 aliphatic carbocycles. The molecule has 0 N–H and O–H groups in total. The summed E-state index contributed by atoms with van der Waals surface area (Å²) in [5, 5.41) is 0. The van der Waals surface area contributed by atoms with Gasteiger partial charge in [0.2, 0.25) is 0 Å². The van der Waals surface area contributed by atoms with Crippen molar-refractivity contribution in [2.45, 2.75) is 348 Å². The quantitative estimate of drug-likeness (QED) is 0.0261. The van der Waals surface area contributed by atoms with E-state index in [0.717, 1.165) is 109 Å². The summed E-state index contributed by atoms with van der Waals surface area (Å²) in [7, 11) is 0. The molecule has 0 heterocycles. The van der Waals surface area contributed by atoms with Gasteiger partial charge in [0.1, 0.15) is 13.2 Å². The molecule has 0 spiro atoms. The Hall–Kier alpha value is -3.15. The summed E-state index contributed by atoms with van der Waals surface area (Å²) in [6.07, 6.45) is 84.8. The highest BCUT2D eigenvalue weighted by molar-refractivity contribution is 5.71. The zero-order valence-electron chi connectivity index (χ0n) is 51.2. The van der Waals surface area contributed by atoms with Gasteiger partial charge in [0.05, 0.1) is 0 Å². The SMILES string of the molecule is CCCCCC/C=C\C/C=C\CCCCCCCC(=O)OCC(COC(=O)CCCCCCCCCCCCCCCCC/C=C\C/C=C\CCCCCCC)OC(=O)CCCCCCC/C=C\C/C=C\CCCCCC. The van der Waals surface area contributed by atoms with Crippen molar-refractivity contribution >= 4 is 17.9 Å². The van der Waals surface area contributed by atoms with Crippen LogP contribution in [0.15, 0.2) is 72.9 Å². The van der Waals surface area contributed by atoms with E-state index in [1.807, 2.05) is 0 Å². The van der Waals surface area contributed by atoms with Crippen molar-refractivity contribution < 1.29 is 28.6 Å². The maximum absolute atomic E-state index is 12.9. The highest BCUT2D eigenvalue weighted by Crippen LogP contribution is 2.17. The molecule has 0 aliphatic rings. The Morgan fingerprint density at radius 3 is 0.727 bits per heavy atom. The van der Waals surface area contributed by atoms with Gasteiger partial charge in [-0.25, -0.2) is 0 Å². The third-order valence-corrected chi connectivity index (χ3v) is 14.7. The molecule has 0 aromatic rings. The largest absolute Gasteiger partial charge is 0.462 e. The average molecular weight is 1080 g/mol. The molecule has 0 radical (unpaired) electrons. The molecule has 0 aliphatic heterocycles. The Labute approximate surface area is 478 Å². The van der Waals surface area contributed by atoms with Crippen LogP contribution >= 0.6 is 0 Å². The first-order valence-electron chi connectivity index (χ1n) is 33.4. The van der Waals surface area contributed by atoms with E-state index >= 15 is 0 Å². The normalized spacial score (nSPS) is 12.5. The standard InChI is InChI=1S/C71H126O6/c1-4-7-10-13-16-19-22-25-28-31-32-33-34-35-36-37-38-39-40-41-44-46-49-52-55-58-61-64-70(73)76-67-68(77-71(74)65-62-59-56-53-50-47-43-30-27-24-21-18-15-12-9-6-3)66-75-69(72)63-60-57-54-51-48-45-42-29-26-23-20-17-14-11-8-5-2/h20-25,29-32,42-43,68H,4-19,26-28,33-41,44-67H2,1-3H3/b23-20-,24-21-,25-22-,32-31-,42-29-,43-30-. The lowest BCUT2D eigenvalue weighted by Crippen LogP contribution is -2.30. The highest BCUT2D eigenvalue weighted by atomic mass is 16.6. The first kappa shape index (κ1) is 73.8. The molecule has 0 saturated carbocycles. The summed E-state index contributed by atoms with van der Waals surface area (Å²) in [4.78, 5) is 38.3. The summed E-state index contributed by atoms with van der Waals surface area (Å²) < 4.78 is 16.9. The molecule has 6 nitrogen and oxygen atoms in total. The third kappa shape index (κ3) is 63.6. The van der Waals surface area contributed by atoms with E-state index in [9.17, 15) is 14.4 Å². The Morgan fingerprint density at radius 2 is 0.468 bits per heavy atom. The Bertz CT molecular complexity index is 1420. The van der Waals surface area contributed by atoms with Crippen LogP contribution in [0.4, 0.5) is 0 Å². The summed E-state index contributed by atoms with van der Waals surface area (Å²) in [6, 6.07) is 0. The van der Waals surface area contributed by atoms with E-state index in [0.29, 0.717) is 19.3 Å². The molecule has 0 aromatic carbocycles. The van der Waals surface area contributed by atoms with Gasteiger partial charge in [0.15, 0.2) is 6.10 Å². The van der Waals surface area contributed by atoms with Gasteiger partial charge in [-0.15, -0.1) is 0 Å². The van der Waals surface area contributed by atoms with E-state index in [1.165, 1.54) is 193 Å². The number of carbonyl (C=O) groups excluding carboxylic acids is 3. The van der Waals surface area contributed by atoms with Crippen LogP contribution in [0, 0.1) is 0 Å². The molecule has 6 heteroatoms. The zero-order valence-corrected chi connectivity index (χ0v) is 51.2. The Morgan fingerprint density at radius 1 is 0.260 bits per heavy atom. The molecule has 77 heavy (non-hydrogen) atoms. The first-order chi connectivity index (χ1) is 38.0. The molecule has 0 saturated heterocycles. The van der Waals surface area contributed by atoms with Crippen LogP contribution in [0.2, 0.25) is 0 Å². The predicted molar refractivity (Wildman–Crippen MR) is 335 cm³/mol. The summed E-state index contributed by atoms with van der Waals surface area (Å²) >= 11 is 0. The minimum absolute atomic E-state index is 0.0838. The molecule has 0 aromatic heterocycles. The minimum Gasteiger partial charge on any atom is -0.462 e. The lowest BCUT2D eigenvalue weighted by atomic mass is 10.0. The topological polar surface area (TPSA) is 78.9 Å². The van der Waals surface area contributed by atoms with Gasteiger partial charge in [-0.3, -0.25) is 14.4 Å². The highest BCUT2D eigenvalue weighted by Gasteiger charge is 2.19. The van der Waals surface area contributed by atoms with Crippen LogP contribution in [0.1, 0.15) is 342 Å². The van der Waals surface area contributed by atoms with Crippen molar-refractivity contribution in [2.24, 2.45) is 0 Å². The van der Waals surface area contributed by atoms with Crippen molar-refractivity contribution in [2.75, 3.05) is 13.2 Å². The van der Waals surface area contributed by atoms with Gasteiger partial charge in [-0.05, 0) is 116 Å². The van der Waals surface area contributed by atoms with Crippen molar-refractivity contribution in [1.29, 1.82) is 0 Å². The molecule has 0 rings (SSSR count). The van der Waals surface area contributed by atoms with E-state index in [4.69, 9.17) is 14.2 Å². The number of unbranched alkanes of at least 4 members (excludes halogenated alkanes) is 38. The van der Waals surface area contributed by atoms with Gasteiger partial charge < -0.3 is 14.2 Å². The van der Waals surface area contributed by atoms with Gasteiger partial charge in [0, 0.05) is 19.3 Å². The van der Waals surface area contributed by atoms with Crippen LogP contribution in [0.3, 0.4) is 0 Å². The number of hydrogen-bond donors (Lipinski definition) is 0. The molecule has 0 amide bonds. The summed E-state index contributed by atoms with van der Waals surface area (Å²) in [6.45, 7) is 6.61. The fraction of sp³-hybridized carbons (Fsp3) is 0.789. The van der Waals surface area contributed by atoms with E-state index in [1.54, 1.807) is 0 Å². The summed E-state index contributed by atoms with van der Waals surface area (Å²) in [5.74, 6) is -0.896. The molecule has 0 bridgehead atoms. The Kier molecular flexibility index (Phi) is 62.7. The molecule has 1 unspecified atom stereocenters. The number of hydrogen-bond acceptors (Lipinski definition) is 6. The van der Waals surface area contributed by atoms with Crippen LogP contribution in [-0.4, -0.2) is 37.2 Å². The van der Waals surface area contributed by atoms with E-state index in [2.05, 4.69) is 93.7 Å². The second-order valence-electron chi connectivity index (χ2n) is 22.4. The number of rotatable bonds is 61. The van der Waals surface area contributed by atoms with Crippen LogP contribution in [-0.2, 0) is 28.6 Å². The molecule has 446 valence electrons. The van der Waals surface area contributed by atoms with Crippen LogP contribution in [0.25, 0.3) is 0 Å². The van der Waals surface area contributed by atoms with Crippen molar-refractivity contribution in [1.82, 2.24) is 0 Å². The summed E-state index contributed by atoms with van der Waals surface area (Å²) in [5.41, 5.74) is 0. The van der Waals surface area contributed by atoms with Gasteiger partial charge in [0.25, 0.3) is 0 Å². The lowest BCUT2D eigenvalue weighted by Gasteiger charge is -2.18. The third-order valence-electron chi connectivity index (χ3n) is 14.7.